The van der Waals surface area contributed by atoms with Gasteiger partial charge in [0.05, 0.1) is 0 Å². The smallest absolute Gasteiger partial charge is 0.157 e. The fourth-order valence-electron chi connectivity index (χ4n) is 0.203. The lowest BCUT2D eigenvalue weighted by Gasteiger charge is -2.07. The van der Waals surface area contributed by atoms with Crippen LogP contribution in [0.4, 0.5) is 4.39 Å². The number of rotatable bonds is 3. The van der Waals surface area contributed by atoms with E-state index in [4.69, 9.17) is 0 Å². The van der Waals surface area contributed by atoms with Crippen LogP contribution in [0.3, 0.4) is 0 Å². The van der Waals surface area contributed by atoms with Crippen LogP contribution in [-0.2, 0) is 0 Å². The normalized spacial score (nSPS) is 14.6. The molecule has 0 aliphatic rings. The topological polar surface area (TPSA) is 0 Å². The van der Waals surface area contributed by atoms with Crippen molar-refractivity contribution < 1.29 is 4.39 Å². The SMILES string of the molecule is CSSC(F)C(C)C. The van der Waals surface area contributed by atoms with Crippen LogP contribution in [0, 0.1) is 5.92 Å². The zero-order chi connectivity index (χ0) is 6.57. The van der Waals surface area contributed by atoms with Crippen molar-refractivity contribution in [3.8, 4) is 0 Å². The Balaban J connectivity index is 3.17. The third kappa shape index (κ3) is 3.61. The molecule has 3 heteroatoms. The monoisotopic (exact) mass is 154 g/mol. The summed E-state index contributed by atoms with van der Waals surface area (Å²) in [5.74, 6) is 0.146. The zero-order valence-electron chi connectivity index (χ0n) is 5.35. The maximum atomic E-state index is 12.5. The molecule has 1 atom stereocenters. The summed E-state index contributed by atoms with van der Waals surface area (Å²) in [6, 6.07) is 0. The van der Waals surface area contributed by atoms with Crippen LogP contribution in [0.5, 0.6) is 0 Å². The van der Waals surface area contributed by atoms with Gasteiger partial charge in [-0.05, 0) is 12.2 Å². The van der Waals surface area contributed by atoms with Crippen molar-refractivity contribution in [1.29, 1.82) is 0 Å². The minimum absolute atomic E-state index is 0.146. The first-order chi connectivity index (χ1) is 3.68. The highest BCUT2D eigenvalue weighted by molar-refractivity contribution is 8.76. The van der Waals surface area contributed by atoms with Gasteiger partial charge in [0.2, 0.25) is 0 Å². The highest BCUT2D eigenvalue weighted by atomic mass is 33.1. The van der Waals surface area contributed by atoms with Gasteiger partial charge in [0, 0.05) is 0 Å². The van der Waals surface area contributed by atoms with E-state index >= 15 is 0 Å². The summed E-state index contributed by atoms with van der Waals surface area (Å²) < 4.78 is 12.5. The summed E-state index contributed by atoms with van der Waals surface area (Å²) in [5.41, 5.74) is -0.704. The summed E-state index contributed by atoms with van der Waals surface area (Å²) in [6.07, 6.45) is 1.89. The van der Waals surface area contributed by atoms with Crippen LogP contribution in [-0.4, -0.2) is 11.8 Å². The second kappa shape index (κ2) is 4.50. The molecule has 0 spiro atoms. The van der Waals surface area contributed by atoms with Gasteiger partial charge in [0.25, 0.3) is 0 Å². The number of hydrogen-bond donors (Lipinski definition) is 0. The lowest BCUT2D eigenvalue weighted by Crippen LogP contribution is -2.00. The van der Waals surface area contributed by atoms with Gasteiger partial charge in [-0.3, -0.25) is 0 Å². The Morgan fingerprint density at radius 2 is 1.88 bits per heavy atom. The summed E-state index contributed by atoms with van der Waals surface area (Å²) in [5, 5.41) is 0. The van der Waals surface area contributed by atoms with Crippen LogP contribution >= 0.6 is 21.6 Å². The van der Waals surface area contributed by atoms with Crippen molar-refractivity contribution in [3.05, 3.63) is 0 Å². The van der Waals surface area contributed by atoms with E-state index < -0.39 is 5.50 Å². The largest absolute Gasteiger partial charge is 0.234 e. The summed E-state index contributed by atoms with van der Waals surface area (Å²) in [7, 11) is 2.77. The lowest BCUT2D eigenvalue weighted by molar-refractivity contribution is 0.365. The fraction of sp³-hybridized carbons (Fsp3) is 1.00. The molecule has 0 saturated carbocycles. The summed E-state index contributed by atoms with van der Waals surface area (Å²) in [4.78, 5) is 0. The highest BCUT2D eigenvalue weighted by Gasteiger charge is 2.09. The average Bonchev–Trinajstić information content (AvgIpc) is 1.67. The third-order valence-corrected chi connectivity index (χ3v) is 2.76. The first-order valence-electron chi connectivity index (χ1n) is 2.52. The minimum atomic E-state index is -0.704. The molecule has 0 saturated heterocycles. The molecular formula is C5H11FS2. The van der Waals surface area contributed by atoms with Gasteiger partial charge >= 0.3 is 0 Å². The van der Waals surface area contributed by atoms with Gasteiger partial charge in [-0.25, -0.2) is 4.39 Å². The van der Waals surface area contributed by atoms with E-state index in [1.165, 1.54) is 21.6 Å². The van der Waals surface area contributed by atoms with Crippen LogP contribution < -0.4 is 0 Å². The van der Waals surface area contributed by atoms with Crippen molar-refractivity contribution >= 4 is 21.6 Å². The van der Waals surface area contributed by atoms with E-state index in [2.05, 4.69) is 0 Å². The average molecular weight is 154 g/mol. The summed E-state index contributed by atoms with van der Waals surface area (Å²) in [6.45, 7) is 3.77. The molecule has 0 rings (SSSR count). The highest BCUT2D eigenvalue weighted by Crippen LogP contribution is 2.29. The molecule has 0 aromatic carbocycles. The molecule has 0 radical (unpaired) electrons. The van der Waals surface area contributed by atoms with E-state index in [1.807, 2.05) is 20.1 Å². The number of hydrogen-bond acceptors (Lipinski definition) is 2. The Bertz CT molecular complexity index is 56.4. The molecular weight excluding hydrogens is 143 g/mol. The molecule has 0 bridgehead atoms. The lowest BCUT2D eigenvalue weighted by atomic mass is 10.3. The van der Waals surface area contributed by atoms with Crippen molar-refractivity contribution in [2.75, 3.05) is 6.26 Å². The third-order valence-electron chi connectivity index (χ3n) is 0.712. The van der Waals surface area contributed by atoms with E-state index in [9.17, 15) is 4.39 Å². The van der Waals surface area contributed by atoms with E-state index in [-0.39, 0.29) is 5.92 Å². The van der Waals surface area contributed by atoms with E-state index in [1.54, 1.807) is 0 Å². The van der Waals surface area contributed by atoms with Gasteiger partial charge in [0.15, 0.2) is 5.50 Å². The molecule has 0 aromatic heterocycles. The molecule has 0 heterocycles. The first-order valence-corrected chi connectivity index (χ1v) is 5.14. The maximum Gasteiger partial charge on any atom is 0.157 e. The van der Waals surface area contributed by atoms with Gasteiger partial charge < -0.3 is 0 Å². The Hall–Kier alpha value is 0.630. The van der Waals surface area contributed by atoms with Crippen molar-refractivity contribution in [2.24, 2.45) is 5.92 Å². The van der Waals surface area contributed by atoms with Crippen LogP contribution in [0.1, 0.15) is 13.8 Å². The molecule has 0 fully saturated rings. The van der Waals surface area contributed by atoms with Crippen LogP contribution in [0.2, 0.25) is 0 Å². The molecule has 0 aromatic rings. The van der Waals surface area contributed by atoms with Crippen molar-refractivity contribution in [1.82, 2.24) is 0 Å². The van der Waals surface area contributed by atoms with E-state index in [0.29, 0.717) is 0 Å². The van der Waals surface area contributed by atoms with Gasteiger partial charge in [-0.15, -0.1) is 0 Å². The first kappa shape index (κ1) is 8.63. The summed E-state index contributed by atoms with van der Waals surface area (Å²) >= 11 is 0. The minimum Gasteiger partial charge on any atom is -0.234 e. The Morgan fingerprint density at radius 3 is 2.00 bits per heavy atom. The standard InChI is InChI=1S/C5H11FS2/c1-4(2)5(6)8-7-3/h4-5H,1-3H3. The zero-order valence-corrected chi connectivity index (χ0v) is 6.98. The van der Waals surface area contributed by atoms with Gasteiger partial charge in [-0.2, -0.15) is 0 Å². The molecule has 8 heavy (non-hydrogen) atoms. The molecule has 0 nitrogen and oxygen atoms in total. The Labute approximate surface area is 58.0 Å². The number of halogens is 1. The molecule has 0 amide bonds. The molecule has 0 aliphatic carbocycles. The van der Waals surface area contributed by atoms with Crippen molar-refractivity contribution in [3.63, 3.8) is 0 Å². The predicted molar refractivity (Wildman–Crippen MR) is 40.8 cm³/mol. The Kier molecular flexibility index (Phi) is 4.86. The molecule has 0 aliphatic heterocycles. The molecule has 1 unspecified atom stereocenters. The van der Waals surface area contributed by atoms with Gasteiger partial charge in [0.1, 0.15) is 0 Å². The van der Waals surface area contributed by atoms with Crippen molar-refractivity contribution in [2.45, 2.75) is 19.4 Å². The number of alkyl halides is 1. The van der Waals surface area contributed by atoms with E-state index in [0.717, 1.165) is 0 Å². The Morgan fingerprint density at radius 1 is 1.38 bits per heavy atom. The fourth-order valence-corrected chi connectivity index (χ4v) is 1.83. The molecule has 50 valence electrons. The predicted octanol–water partition coefficient (Wildman–Crippen LogP) is 2.95. The van der Waals surface area contributed by atoms with Crippen LogP contribution in [0.15, 0.2) is 0 Å². The molecule has 0 N–H and O–H groups in total. The maximum absolute atomic E-state index is 12.5. The quantitative estimate of drug-likeness (QED) is 0.573. The van der Waals surface area contributed by atoms with Gasteiger partial charge in [-0.1, -0.05) is 35.4 Å². The second-order valence-corrected chi connectivity index (χ2v) is 4.41. The van der Waals surface area contributed by atoms with Crippen LogP contribution in [0.25, 0.3) is 0 Å². The second-order valence-electron chi connectivity index (χ2n) is 1.86.